The van der Waals surface area contributed by atoms with Gasteiger partial charge in [-0.3, -0.25) is 5.01 Å². The Morgan fingerprint density at radius 3 is 2.60 bits per heavy atom. The number of hydrogen-bond acceptors (Lipinski definition) is 3. The van der Waals surface area contributed by atoms with Crippen molar-refractivity contribution >= 4 is 5.70 Å². The van der Waals surface area contributed by atoms with Gasteiger partial charge in [-0.05, 0) is 50.1 Å². The number of hydrazine groups is 1. The maximum atomic E-state index is 14.3. The average molecular weight is 419 g/mol. The normalized spacial score (nSPS) is 23.3. The summed E-state index contributed by atoms with van der Waals surface area (Å²) in [4.78, 5) is 0. The zero-order chi connectivity index (χ0) is 21.6. The van der Waals surface area contributed by atoms with Gasteiger partial charge in [0, 0.05) is 23.0 Å². The molecule has 1 aromatic carbocycles. The van der Waals surface area contributed by atoms with Crippen LogP contribution < -0.4 is 10.7 Å². The van der Waals surface area contributed by atoms with Gasteiger partial charge in [-0.1, -0.05) is 17.9 Å². The summed E-state index contributed by atoms with van der Waals surface area (Å²) in [6.07, 6.45) is 0.425. The van der Waals surface area contributed by atoms with E-state index in [-0.39, 0.29) is 18.0 Å². The number of nitrogens with zero attached hydrogens (tertiary/aromatic N) is 1. The SMILES string of the molecule is CC1=C(C2C#CC(C(F)(F)F)=CC2)C=C2NC(c3ccc(F)cc3F)=CC(C)N2N1. The Bertz CT molecular complexity index is 1080. The molecule has 156 valence electrons. The highest BCUT2D eigenvalue weighted by Gasteiger charge is 2.35. The summed E-state index contributed by atoms with van der Waals surface area (Å²) >= 11 is 0. The second-order valence-corrected chi connectivity index (χ2v) is 7.34. The molecule has 0 saturated heterocycles. The van der Waals surface area contributed by atoms with Gasteiger partial charge in [0.2, 0.25) is 0 Å². The lowest BCUT2D eigenvalue weighted by molar-refractivity contribution is -0.0875. The van der Waals surface area contributed by atoms with Crippen LogP contribution in [-0.2, 0) is 0 Å². The van der Waals surface area contributed by atoms with Gasteiger partial charge >= 0.3 is 6.18 Å². The van der Waals surface area contributed by atoms with E-state index in [1.807, 2.05) is 24.9 Å². The van der Waals surface area contributed by atoms with E-state index in [1.54, 1.807) is 6.08 Å². The first-order valence-electron chi connectivity index (χ1n) is 9.35. The molecule has 2 atom stereocenters. The van der Waals surface area contributed by atoms with Crippen LogP contribution in [-0.4, -0.2) is 17.2 Å². The number of alkyl halides is 3. The van der Waals surface area contributed by atoms with Gasteiger partial charge in [0.25, 0.3) is 0 Å². The molecule has 1 aliphatic carbocycles. The molecule has 2 heterocycles. The van der Waals surface area contributed by atoms with Crippen LogP contribution >= 0.6 is 0 Å². The minimum absolute atomic E-state index is 0.144. The summed E-state index contributed by atoms with van der Waals surface area (Å²) in [5.41, 5.74) is 4.65. The third-order valence-corrected chi connectivity index (χ3v) is 5.19. The molecule has 2 unspecified atom stereocenters. The third-order valence-electron chi connectivity index (χ3n) is 5.19. The monoisotopic (exact) mass is 419 g/mol. The Morgan fingerprint density at radius 1 is 1.20 bits per heavy atom. The number of allylic oxidation sites excluding steroid dienone is 5. The fourth-order valence-corrected chi connectivity index (χ4v) is 3.67. The zero-order valence-corrected chi connectivity index (χ0v) is 16.2. The van der Waals surface area contributed by atoms with Gasteiger partial charge in [0.05, 0.1) is 12.0 Å². The molecule has 3 aliphatic rings. The van der Waals surface area contributed by atoms with Gasteiger partial charge in [0.1, 0.15) is 23.0 Å². The van der Waals surface area contributed by atoms with Crippen LogP contribution in [0.4, 0.5) is 22.0 Å². The molecule has 0 saturated carbocycles. The lowest BCUT2D eigenvalue weighted by atomic mass is 9.89. The summed E-state index contributed by atoms with van der Waals surface area (Å²) in [5.74, 6) is 3.78. The summed E-state index contributed by atoms with van der Waals surface area (Å²) < 4.78 is 66.0. The predicted molar refractivity (Wildman–Crippen MR) is 103 cm³/mol. The van der Waals surface area contributed by atoms with Crippen LogP contribution in [0.3, 0.4) is 0 Å². The molecule has 1 aromatic rings. The quantitative estimate of drug-likeness (QED) is 0.536. The minimum Gasteiger partial charge on any atom is -0.340 e. The lowest BCUT2D eigenvalue weighted by Crippen LogP contribution is -2.50. The van der Waals surface area contributed by atoms with E-state index in [1.165, 1.54) is 12.1 Å². The second kappa shape index (κ2) is 7.24. The fraction of sp³-hybridized carbons (Fsp3) is 0.273. The molecule has 0 radical (unpaired) electrons. The number of halogens is 5. The molecule has 0 bridgehead atoms. The van der Waals surface area contributed by atoms with E-state index in [0.717, 1.165) is 23.4 Å². The fourth-order valence-electron chi connectivity index (χ4n) is 3.67. The van der Waals surface area contributed by atoms with Crippen molar-refractivity contribution in [3.05, 3.63) is 76.3 Å². The van der Waals surface area contributed by atoms with Gasteiger partial charge in [-0.15, -0.1) is 0 Å². The topological polar surface area (TPSA) is 27.3 Å². The van der Waals surface area contributed by atoms with Gasteiger partial charge in [0.15, 0.2) is 0 Å². The largest absolute Gasteiger partial charge is 0.423 e. The smallest absolute Gasteiger partial charge is 0.340 e. The Hall–Kier alpha value is -3.21. The Kier molecular flexibility index (Phi) is 4.85. The summed E-state index contributed by atoms with van der Waals surface area (Å²) in [7, 11) is 0. The van der Waals surface area contributed by atoms with E-state index >= 15 is 0 Å². The highest BCUT2D eigenvalue weighted by atomic mass is 19.4. The van der Waals surface area contributed by atoms with E-state index in [2.05, 4.69) is 22.6 Å². The molecule has 2 aliphatic heterocycles. The van der Waals surface area contributed by atoms with Crippen molar-refractivity contribution < 1.29 is 22.0 Å². The number of hydrogen-bond donors (Lipinski definition) is 2. The molecule has 0 spiro atoms. The standard InChI is InChI=1S/C22H18F5N3/c1-12-9-20(17-8-7-16(23)10-19(17)24)28-21-11-18(13(2)29-30(12)21)14-3-5-15(6-4-14)22(25,26)27/h5,7-12,14,28-29H,3H2,1-2H3. The second-order valence-electron chi connectivity index (χ2n) is 7.34. The van der Waals surface area contributed by atoms with E-state index in [0.29, 0.717) is 11.5 Å². The maximum Gasteiger partial charge on any atom is 0.423 e. The molecule has 30 heavy (non-hydrogen) atoms. The van der Waals surface area contributed by atoms with Crippen LogP contribution in [0.15, 0.2) is 59.1 Å². The van der Waals surface area contributed by atoms with Crippen LogP contribution in [0, 0.1) is 29.4 Å². The molecular weight excluding hydrogens is 401 g/mol. The van der Waals surface area contributed by atoms with Gasteiger partial charge < -0.3 is 10.7 Å². The van der Waals surface area contributed by atoms with Crippen molar-refractivity contribution in [3.8, 4) is 11.8 Å². The summed E-state index contributed by atoms with van der Waals surface area (Å²) in [6.45, 7) is 3.74. The number of benzene rings is 1. The van der Waals surface area contributed by atoms with Crippen LogP contribution in [0.2, 0.25) is 0 Å². The molecule has 0 aromatic heterocycles. The third kappa shape index (κ3) is 3.67. The predicted octanol–water partition coefficient (Wildman–Crippen LogP) is 4.75. The van der Waals surface area contributed by atoms with Crippen molar-refractivity contribution in [3.63, 3.8) is 0 Å². The van der Waals surface area contributed by atoms with Crippen molar-refractivity contribution in [2.24, 2.45) is 5.92 Å². The van der Waals surface area contributed by atoms with Crippen molar-refractivity contribution in [1.82, 2.24) is 15.8 Å². The van der Waals surface area contributed by atoms with E-state index in [9.17, 15) is 22.0 Å². The average Bonchev–Trinajstić information content (AvgIpc) is 2.67. The van der Waals surface area contributed by atoms with Crippen LogP contribution in [0.25, 0.3) is 5.70 Å². The molecule has 0 amide bonds. The molecule has 4 rings (SSSR count). The molecular formula is C22H18F5N3. The first kappa shape index (κ1) is 20.1. The number of nitrogens with one attached hydrogen (secondary N) is 2. The van der Waals surface area contributed by atoms with E-state index in [4.69, 9.17) is 0 Å². The molecule has 2 N–H and O–H groups in total. The first-order chi connectivity index (χ1) is 14.1. The lowest BCUT2D eigenvalue weighted by Gasteiger charge is -2.41. The summed E-state index contributed by atoms with van der Waals surface area (Å²) in [6, 6.07) is 3.20. The van der Waals surface area contributed by atoms with Crippen molar-refractivity contribution in [2.45, 2.75) is 32.5 Å². The van der Waals surface area contributed by atoms with Crippen LogP contribution in [0.5, 0.6) is 0 Å². The Morgan fingerprint density at radius 2 is 1.97 bits per heavy atom. The Balaban J connectivity index is 1.63. The Labute approximate surface area is 170 Å². The maximum absolute atomic E-state index is 14.3. The molecule has 3 nitrogen and oxygen atoms in total. The zero-order valence-electron chi connectivity index (χ0n) is 16.2. The van der Waals surface area contributed by atoms with Gasteiger partial charge in [-0.2, -0.15) is 13.2 Å². The van der Waals surface area contributed by atoms with E-state index < -0.39 is 29.3 Å². The van der Waals surface area contributed by atoms with Crippen molar-refractivity contribution in [1.29, 1.82) is 0 Å². The summed E-state index contributed by atoms with van der Waals surface area (Å²) in [5, 5.41) is 4.96. The minimum atomic E-state index is -4.44. The number of rotatable bonds is 2. The first-order valence-corrected chi connectivity index (χ1v) is 9.35. The van der Waals surface area contributed by atoms with Crippen LogP contribution in [0.1, 0.15) is 25.8 Å². The van der Waals surface area contributed by atoms with Gasteiger partial charge in [-0.25, -0.2) is 8.78 Å². The highest BCUT2D eigenvalue weighted by Crippen LogP contribution is 2.34. The molecule has 8 heteroatoms. The molecule has 0 fully saturated rings. The highest BCUT2D eigenvalue weighted by molar-refractivity contribution is 5.68. The number of fused-ring (bicyclic) bond motifs is 1. The van der Waals surface area contributed by atoms with Crippen molar-refractivity contribution in [2.75, 3.05) is 0 Å².